The summed E-state index contributed by atoms with van der Waals surface area (Å²) in [5.74, 6) is 0.961. The highest BCUT2D eigenvalue weighted by molar-refractivity contribution is 9.10. The van der Waals surface area contributed by atoms with Gasteiger partial charge in [-0.2, -0.15) is 0 Å². The maximum Gasteiger partial charge on any atom is 0.125 e. The quantitative estimate of drug-likeness (QED) is 0.648. The lowest BCUT2D eigenvalue weighted by Gasteiger charge is -2.18. The third kappa shape index (κ3) is 3.00. The van der Waals surface area contributed by atoms with E-state index in [0.717, 1.165) is 23.2 Å². The van der Waals surface area contributed by atoms with E-state index in [9.17, 15) is 0 Å². The van der Waals surface area contributed by atoms with Crippen molar-refractivity contribution in [2.24, 2.45) is 0 Å². The van der Waals surface area contributed by atoms with Gasteiger partial charge >= 0.3 is 0 Å². The molecule has 1 rings (SSSR count). The average Bonchev–Trinajstić information content (AvgIpc) is 2.33. The van der Waals surface area contributed by atoms with Crippen molar-refractivity contribution in [3.05, 3.63) is 26.7 Å². The Kier molecular flexibility index (Phi) is 5.43. The first-order chi connectivity index (χ1) is 8.04. The molecule has 0 aliphatic carbocycles. The highest BCUT2D eigenvalue weighted by Gasteiger charge is 2.15. The molecule has 0 radical (unpaired) electrons. The Labute approximate surface area is 111 Å². The maximum atomic E-state index is 8.74. The summed E-state index contributed by atoms with van der Waals surface area (Å²) in [6.07, 6.45) is 0.843. The SMILES string of the molecule is COc1c(C)c(C)c(Br)c(C)c1CCNCO. The number of ether oxygens (including phenoxy) is 1. The van der Waals surface area contributed by atoms with E-state index < -0.39 is 0 Å². The fraction of sp³-hybridized carbons (Fsp3) is 0.538. The van der Waals surface area contributed by atoms with E-state index in [1.807, 2.05) is 0 Å². The van der Waals surface area contributed by atoms with Crippen LogP contribution >= 0.6 is 15.9 Å². The molecule has 0 amide bonds. The Morgan fingerprint density at radius 2 is 1.82 bits per heavy atom. The highest BCUT2D eigenvalue weighted by Crippen LogP contribution is 2.36. The summed E-state index contributed by atoms with van der Waals surface area (Å²) in [6, 6.07) is 0. The molecule has 0 unspecified atom stereocenters. The molecule has 1 aromatic rings. The van der Waals surface area contributed by atoms with Gasteiger partial charge in [-0.05, 0) is 49.4 Å². The molecular weight excluding hydrogens is 282 g/mol. The Bertz CT molecular complexity index is 405. The summed E-state index contributed by atoms with van der Waals surface area (Å²) >= 11 is 3.63. The van der Waals surface area contributed by atoms with E-state index in [4.69, 9.17) is 9.84 Å². The number of aliphatic hydroxyl groups excluding tert-OH is 1. The molecule has 0 aliphatic heterocycles. The zero-order valence-corrected chi connectivity index (χ0v) is 12.4. The van der Waals surface area contributed by atoms with Gasteiger partial charge in [0.25, 0.3) is 0 Å². The van der Waals surface area contributed by atoms with Crippen molar-refractivity contribution in [1.82, 2.24) is 5.32 Å². The second-order valence-electron chi connectivity index (χ2n) is 4.11. The number of nitrogens with one attached hydrogen (secondary N) is 1. The van der Waals surface area contributed by atoms with Crippen molar-refractivity contribution in [2.45, 2.75) is 27.2 Å². The molecule has 0 spiro atoms. The lowest BCUT2D eigenvalue weighted by molar-refractivity contribution is 0.261. The molecule has 0 bridgehead atoms. The van der Waals surface area contributed by atoms with Crippen LogP contribution in [0.2, 0.25) is 0 Å². The van der Waals surface area contributed by atoms with Crippen molar-refractivity contribution in [3.63, 3.8) is 0 Å². The minimum atomic E-state index is 0.00732. The van der Waals surface area contributed by atoms with Crippen LogP contribution in [0.4, 0.5) is 0 Å². The summed E-state index contributed by atoms with van der Waals surface area (Å²) < 4.78 is 6.66. The molecule has 0 aromatic heterocycles. The average molecular weight is 302 g/mol. The number of aliphatic hydroxyl groups is 1. The first kappa shape index (κ1) is 14.5. The van der Waals surface area contributed by atoms with Crippen molar-refractivity contribution >= 4 is 15.9 Å². The molecule has 0 heterocycles. The Hall–Kier alpha value is -0.580. The molecular formula is C13H20BrNO2. The van der Waals surface area contributed by atoms with Gasteiger partial charge in [-0.15, -0.1) is 0 Å². The van der Waals surface area contributed by atoms with Crippen LogP contribution in [-0.2, 0) is 6.42 Å². The second-order valence-corrected chi connectivity index (χ2v) is 4.90. The number of methoxy groups -OCH3 is 1. The minimum Gasteiger partial charge on any atom is -0.496 e. The van der Waals surface area contributed by atoms with E-state index in [1.165, 1.54) is 22.3 Å². The Balaban J connectivity index is 3.17. The molecule has 3 nitrogen and oxygen atoms in total. The molecule has 4 heteroatoms. The van der Waals surface area contributed by atoms with Gasteiger partial charge in [0, 0.05) is 11.0 Å². The minimum absolute atomic E-state index is 0.00732. The van der Waals surface area contributed by atoms with Crippen LogP contribution in [0.1, 0.15) is 22.3 Å². The van der Waals surface area contributed by atoms with Crippen LogP contribution in [0.5, 0.6) is 5.75 Å². The van der Waals surface area contributed by atoms with E-state index in [2.05, 4.69) is 42.0 Å². The summed E-state index contributed by atoms with van der Waals surface area (Å²) in [7, 11) is 1.71. The standard InChI is InChI=1S/C13H20BrNO2/c1-8-9(2)13(17-4)11(5-6-15-7-16)10(3)12(8)14/h15-16H,5-7H2,1-4H3. The summed E-state index contributed by atoms with van der Waals surface area (Å²) in [5.41, 5.74) is 4.80. The summed E-state index contributed by atoms with van der Waals surface area (Å²) in [6.45, 7) is 7.00. The van der Waals surface area contributed by atoms with E-state index in [1.54, 1.807) is 7.11 Å². The van der Waals surface area contributed by atoms with Gasteiger partial charge in [-0.25, -0.2) is 0 Å². The van der Waals surface area contributed by atoms with Crippen LogP contribution in [0.15, 0.2) is 4.47 Å². The van der Waals surface area contributed by atoms with Crippen LogP contribution < -0.4 is 10.1 Å². The molecule has 1 aromatic carbocycles. The van der Waals surface area contributed by atoms with Gasteiger partial charge < -0.3 is 9.84 Å². The first-order valence-electron chi connectivity index (χ1n) is 5.68. The zero-order chi connectivity index (χ0) is 13.0. The van der Waals surface area contributed by atoms with Gasteiger partial charge in [0.15, 0.2) is 0 Å². The molecule has 0 saturated carbocycles. The normalized spacial score (nSPS) is 10.7. The molecule has 2 N–H and O–H groups in total. The first-order valence-corrected chi connectivity index (χ1v) is 6.47. The van der Waals surface area contributed by atoms with Crippen molar-refractivity contribution in [2.75, 3.05) is 20.4 Å². The van der Waals surface area contributed by atoms with E-state index in [-0.39, 0.29) is 6.73 Å². The van der Waals surface area contributed by atoms with Crippen molar-refractivity contribution in [3.8, 4) is 5.75 Å². The lowest BCUT2D eigenvalue weighted by Crippen LogP contribution is -2.19. The number of benzene rings is 1. The highest BCUT2D eigenvalue weighted by atomic mass is 79.9. The van der Waals surface area contributed by atoms with Gasteiger partial charge in [0.2, 0.25) is 0 Å². The monoisotopic (exact) mass is 301 g/mol. The number of hydrogen-bond donors (Lipinski definition) is 2. The van der Waals surface area contributed by atoms with Gasteiger partial charge in [-0.3, -0.25) is 5.32 Å². The molecule has 17 heavy (non-hydrogen) atoms. The van der Waals surface area contributed by atoms with Gasteiger partial charge in [0.1, 0.15) is 5.75 Å². The Morgan fingerprint density at radius 1 is 1.18 bits per heavy atom. The summed E-state index contributed by atoms with van der Waals surface area (Å²) in [4.78, 5) is 0. The molecule has 96 valence electrons. The van der Waals surface area contributed by atoms with Crippen molar-refractivity contribution in [1.29, 1.82) is 0 Å². The van der Waals surface area contributed by atoms with Crippen LogP contribution in [0, 0.1) is 20.8 Å². The molecule has 0 saturated heterocycles. The predicted octanol–water partition coefficient (Wildman–Crippen LogP) is 2.46. The largest absolute Gasteiger partial charge is 0.496 e. The van der Waals surface area contributed by atoms with Crippen molar-refractivity contribution < 1.29 is 9.84 Å². The fourth-order valence-corrected chi connectivity index (χ4v) is 2.55. The van der Waals surface area contributed by atoms with Crippen LogP contribution in [0.25, 0.3) is 0 Å². The number of hydrogen-bond acceptors (Lipinski definition) is 3. The lowest BCUT2D eigenvalue weighted by atomic mass is 9.97. The number of halogens is 1. The smallest absolute Gasteiger partial charge is 0.125 e. The number of rotatable bonds is 5. The van der Waals surface area contributed by atoms with Crippen LogP contribution in [0.3, 0.4) is 0 Å². The zero-order valence-electron chi connectivity index (χ0n) is 10.9. The third-order valence-corrected chi connectivity index (χ3v) is 4.35. The summed E-state index contributed by atoms with van der Waals surface area (Å²) in [5, 5.41) is 11.7. The maximum absolute atomic E-state index is 8.74. The fourth-order valence-electron chi connectivity index (χ4n) is 2.02. The second kappa shape index (κ2) is 6.38. The topological polar surface area (TPSA) is 41.5 Å². The molecule has 0 fully saturated rings. The Morgan fingerprint density at radius 3 is 2.35 bits per heavy atom. The molecule has 0 aliphatic rings. The van der Waals surface area contributed by atoms with Gasteiger partial charge in [0.05, 0.1) is 13.8 Å². The van der Waals surface area contributed by atoms with Gasteiger partial charge in [-0.1, -0.05) is 15.9 Å². The third-order valence-electron chi connectivity index (χ3n) is 3.16. The van der Waals surface area contributed by atoms with E-state index in [0.29, 0.717) is 0 Å². The predicted molar refractivity (Wildman–Crippen MR) is 73.7 cm³/mol. The van der Waals surface area contributed by atoms with E-state index >= 15 is 0 Å². The molecule has 0 atom stereocenters. The van der Waals surface area contributed by atoms with Crippen LogP contribution in [-0.4, -0.2) is 25.5 Å².